The number of aliphatic carboxylic acids is 1. The highest BCUT2D eigenvalue weighted by molar-refractivity contribution is 5.72. The van der Waals surface area contributed by atoms with Crippen LogP contribution in [0.4, 0.5) is 0 Å². The first-order chi connectivity index (χ1) is 7.56. The smallest absolute Gasteiger partial charge is 0.320 e. The standard InChI is InChI=1S/C13H25NO2/c1-4-5-11-6-8-12(9-7-11)14(3)10(2)13(15)16/h10-12H,4-9H2,1-3H3,(H,15,16). The van der Waals surface area contributed by atoms with E-state index in [-0.39, 0.29) is 6.04 Å². The van der Waals surface area contributed by atoms with E-state index in [1.807, 2.05) is 11.9 Å². The Balaban J connectivity index is 2.38. The van der Waals surface area contributed by atoms with E-state index in [1.54, 1.807) is 6.92 Å². The molecule has 0 heterocycles. The fourth-order valence-corrected chi connectivity index (χ4v) is 2.74. The maximum atomic E-state index is 10.9. The van der Waals surface area contributed by atoms with Crippen molar-refractivity contribution in [1.82, 2.24) is 4.90 Å². The van der Waals surface area contributed by atoms with Crippen molar-refractivity contribution in [2.45, 2.75) is 64.5 Å². The van der Waals surface area contributed by atoms with E-state index in [2.05, 4.69) is 6.92 Å². The first-order valence-electron chi connectivity index (χ1n) is 6.51. The molecule has 0 aliphatic heterocycles. The molecule has 1 unspecified atom stereocenters. The molecular formula is C13H25NO2. The van der Waals surface area contributed by atoms with Gasteiger partial charge in [-0.1, -0.05) is 19.8 Å². The van der Waals surface area contributed by atoms with Crippen LogP contribution in [0.1, 0.15) is 52.4 Å². The fraction of sp³-hybridized carbons (Fsp3) is 0.923. The van der Waals surface area contributed by atoms with Crippen molar-refractivity contribution in [2.75, 3.05) is 7.05 Å². The predicted molar refractivity (Wildman–Crippen MR) is 65.5 cm³/mol. The van der Waals surface area contributed by atoms with E-state index >= 15 is 0 Å². The molecule has 3 nitrogen and oxygen atoms in total. The SMILES string of the molecule is CCCC1CCC(N(C)C(C)C(=O)O)CC1. The highest BCUT2D eigenvalue weighted by Crippen LogP contribution is 2.30. The molecule has 1 fully saturated rings. The summed E-state index contributed by atoms with van der Waals surface area (Å²) in [4.78, 5) is 12.9. The summed E-state index contributed by atoms with van der Waals surface area (Å²) in [6.45, 7) is 4.02. The predicted octanol–water partition coefficient (Wildman–Crippen LogP) is 2.75. The maximum Gasteiger partial charge on any atom is 0.320 e. The average molecular weight is 227 g/mol. The Morgan fingerprint density at radius 2 is 1.94 bits per heavy atom. The first kappa shape index (κ1) is 13.5. The monoisotopic (exact) mass is 227 g/mol. The molecule has 1 N–H and O–H groups in total. The van der Waals surface area contributed by atoms with Gasteiger partial charge in [-0.3, -0.25) is 9.69 Å². The van der Waals surface area contributed by atoms with Gasteiger partial charge in [0.1, 0.15) is 6.04 Å². The molecule has 0 bridgehead atoms. The molecule has 0 aromatic heterocycles. The number of rotatable bonds is 5. The highest BCUT2D eigenvalue weighted by atomic mass is 16.4. The van der Waals surface area contributed by atoms with Gasteiger partial charge < -0.3 is 5.11 Å². The quantitative estimate of drug-likeness (QED) is 0.785. The van der Waals surface area contributed by atoms with Crippen LogP contribution in [0.2, 0.25) is 0 Å². The van der Waals surface area contributed by atoms with Gasteiger partial charge in [0.2, 0.25) is 0 Å². The number of likely N-dealkylation sites (N-methyl/N-ethyl adjacent to an activating group) is 1. The minimum absolute atomic E-state index is 0.354. The zero-order valence-corrected chi connectivity index (χ0v) is 10.8. The second kappa shape index (κ2) is 6.24. The largest absolute Gasteiger partial charge is 0.480 e. The lowest BCUT2D eigenvalue weighted by Gasteiger charge is -2.36. The van der Waals surface area contributed by atoms with Gasteiger partial charge in [-0.2, -0.15) is 0 Å². The van der Waals surface area contributed by atoms with E-state index in [9.17, 15) is 4.79 Å². The van der Waals surface area contributed by atoms with Crippen molar-refractivity contribution in [3.8, 4) is 0 Å². The maximum absolute atomic E-state index is 10.9. The Hall–Kier alpha value is -0.570. The zero-order chi connectivity index (χ0) is 12.1. The Bertz CT molecular complexity index is 222. The Labute approximate surface area is 98.8 Å². The summed E-state index contributed by atoms with van der Waals surface area (Å²) in [6, 6.07) is 0.118. The molecule has 1 aliphatic carbocycles. The van der Waals surface area contributed by atoms with Crippen molar-refractivity contribution in [3.63, 3.8) is 0 Å². The average Bonchev–Trinajstić information content (AvgIpc) is 2.28. The molecule has 1 rings (SSSR count). The number of nitrogens with zero attached hydrogens (tertiary/aromatic N) is 1. The third-order valence-electron chi connectivity index (χ3n) is 4.06. The van der Waals surface area contributed by atoms with Crippen LogP contribution in [0.25, 0.3) is 0 Å². The molecule has 0 aromatic carbocycles. The Kier molecular flexibility index (Phi) is 5.26. The third kappa shape index (κ3) is 3.48. The molecular weight excluding hydrogens is 202 g/mol. The lowest BCUT2D eigenvalue weighted by molar-refractivity contribution is -0.143. The molecule has 1 atom stereocenters. The van der Waals surface area contributed by atoms with Gasteiger partial charge in [-0.25, -0.2) is 0 Å². The van der Waals surface area contributed by atoms with Gasteiger partial charge in [0.25, 0.3) is 0 Å². The first-order valence-corrected chi connectivity index (χ1v) is 6.51. The molecule has 0 spiro atoms. The van der Waals surface area contributed by atoms with Gasteiger partial charge in [-0.05, 0) is 45.6 Å². The highest BCUT2D eigenvalue weighted by Gasteiger charge is 2.28. The van der Waals surface area contributed by atoms with Gasteiger partial charge >= 0.3 is 5.97 Å². The van der Waals surface area contributed by atoms with Gasteiger partial charge in [0.15, 0.2) is 0 Å². The van der Waals surface area contributed by atoms with Crippen LogP contribution < -0.4 is 0 Å². The molecule has 0 amide bonds. The number of hydrogen-bond donors (Lipinski definition) is 1. The van der Waals surface area contributed by atoms with Crippen LogP contribution in [0.3, 0.4) is 0 Å². The van der Waals surface area contributed by atoms with Crippen molar-refractivity contribution in [2.24, 2.45) is 5.92 Å². The summed E-state index contributed by atoms with van der Waals surface area (Å²) in [5, 5.41) is 8.98. The fourth-order valence-electron chi connectivity index (χ4n) is 2.74. The van der Waals surface area contributed by atoms with E-state index in [0.717, 1.165) is 5.92 Å². The molecule has 16 heavy (non-hydrogen) atoms. The Morgan fingerprint density at radius 3 is 2.38 bits per heavy atom. The molecule has 1 aliphatic rings. The minimum atomic E-state index is -0.710. The summed E-state index contributed by atoms with van der Waals surface area (Å²) < 4.78 is 0. The minimum Gasteiger partial charge on any atom is -0.480 e. The topological polar surface area (TPSA) is 40.5 Å². The van der Waals surface area contributed by atoms with E-state index in [1.165, 1.54) is 38.5 Å². The lowest BCUT2D eigenvalue weighted by Crippen LogP contribution is -2.44. The molecule has 94 valence electrons. The third-order valence-corrected chi connectivity index (χ3v) is 4.06. The lowest BCUT2D eigenvalue weighted by atomic mass is 9.83. The van der Waals surface area contributed by atoms with Crippen LogP contribution in [0.5, 0.6) is 0 Å². The van der Waals surface area contributed by atoms with Gasteiger partial charge in [0, 0.05) is 6.04 Å². The number of carboxylic acid groups (broad SMARTS) is 1. The van der Waals surface area contributed by atoms with Crippen molar-refractivity contribution >= 4 is 5.97 Å². The van der Waals surface area contributed by atoms with Crippen LogP contribution in [0, 0.1) is 5.92 Å². The summed E-state index contributed by atoms with van der Waals surface area (Å²) in [7, 11) is 1.95. The van der Waals surface area contributed by atoms with Gasteiger partial charge in [0.05, 0.1) is 0 Å². The normalized spacial score (nSPS) is 28.0. The van der Waals surface area contributed by atoms with Crippen LogP contribution in [0.15, 0.2) is 0 Å². The van der Waals surface area contributed by atoms with E-state index < -0.39 is 5.97 Å². The van der Waals surface area contributed by atoms with Crippen molar-refractivity contribution in [1.29, 1.82) is 0 Å². The number of carboxylic acids is 1. The zero-order valence-electron chi connectivity index (χ0n) is 10.8. The number of carbonyl (C=O) groups is 1. The van der Waals surface area contributed by atoms with Gasteiger partial charge in [-0.15, -0.1) is 0 Å². The summed E-state index contributed by atoms with van der Waals surface area (Å²) >= 11 is 0. The van der Waals surface area contributed by atoms with Crippen molar-refractivity contribution < 1.29 is 9.90 Å². The Morgan fingerprint density at radius 1 is 1.38 bits per heavy atom. The number of hydrogen-bond acceptors (Lipinski definition) is 2. The van der Waals surface area contributed by atoms with Crippen LogP contribution in [-0.4, -0.2) is 35.1 Å². The second-order valence-corrected chi connectivity index (χ2v) is 5.14. The summed E-state index contributed by atoms with van der Waals surface area (Å²) in [5.74, 6) is 0.174. The van der Waals surface area contributed by atoms with Crippen LogP contribution >= 0.6 is 0 Å². The molecule has 0 aromatic rings. The summed E-state index contributed by atoms with van der Waals surface area (Å²) in [5.41, 5.74) is 0. The summed E-state index contributed by atoms with van der Waals surface area (Å²) in [6.07, 6.45) is 7.49. The van der Waals surface area contributed by atoms with E-state index in [4.69, 9.17) is 5.11 Å². The van der Waals surface area contributed by atoms with Crippen LogP contribution in [-0.2, 0) is 4.79 Å². The molecule has 0 radical (unpaired) electrons. The molecule has 0 saturated heterocycles. The second-order valence-electron chi connectivity index (χ2n) is 5.14. The molecule has 1 saturated carbocycles. The van der Waals surface area contributed by atoms with Crippen molar-refractivity contribution in [3.05, 3.63) is 0 Å². The molecule has 3 heteroatoms. The van der Waals surface area contributed by atoms with E-state index in [0.29, 0.717) is 6.04 Å².